The fourth-order valence-corrected chi connectivity index (χ4v) is 4.48. The lowest BCUT2D eigenvalue weighted by Gasteiger charge is -2.61. The Balaban J connectivity index is 1.61. The summed E-state index contributed by atoms with van der Waals surface area (Å²) in [5.41, 5.74) is 2.15. The van der Waals surface area contributed by atoms with Gasteiger partial charge in [0.25, 0.3) is 5.56 Å². The third-order valence-corrected chi connectivity index (χ3v) is 5.78. The van der Waals surface area contributed by atoms with Crippen LogP contribution in [0.25, 0.3) is 0 Å². The van der Waals surface area contributed by atoms with Gasteiger partial charge < -0.3 is 15.2 Å². The highest BCUT2D eigenvalue weighted by atomic mass is 16.2. The van der Waals surface area contributed by atoms with Crippen LogP contribution in [-0.2, 0) is 5.54 Å². The van der Waals surface area contributed by atoms with Gasteiger partial charge in [0.1, 0.15) is 0 Å². The van der Waals surface area contributed by atoms with Crippen molar-refractivity contribution in [2.24, 2.45) is 5.92 Å². The molecule has 1 saturated heterocycles. The number of likely N-dealkylation sites (tertiary alicyclic amines) is 1. The summed E-state index contributed by atoms with van der Waals surface area (Å²) in [5.74, 6) is 0.534. The van der Waals surface area contributed by atoms with Crippen molar-refractivity contribution in [3.05, 3.63) is 64.1 Å². The first-order valence-electron chi connectivity index (χ1n) is 8.95. The number of carbonyl (C=O) groups excluding carboxylic acids is 1. The number of aryl methyl sites for hydroxylation is 1. The molecule has 4 rings (SSSR count). The summed E-state index contributed by atoms with van der Waals surface area (Å²) in [6, 6.07) is 12.0. The van der Waals surface area contributed by atoms with Crippen molar-refractivity contribution in [3.63, 3.8) is 0 Å². The highest BCUT2D eigenvalue weighted by molar-refractivity contribution is 5.90. The first kappa shape index (κ1) is 15.9. The Kier molecular flexibility index (Phi) is 3.86. The zero-order valence-electron chi connectivity index (χ0n) is 14.4. The lowest BCUT2D eigenvalue weighted by molar-refractivity contribution is -0.0756. The fraction of sp³-hybridized carbons (Fsp3) is 0.400. The molecule has 25 heavy (non-hydrogen) atoms. The van der Waals surface area contributed by atoms with E-state index in [-0.39, 0.29) is 17.1 Å². The van der Waals surface area contributed by atoms with Crippen LogP contribution in [0, 0.1) is 12.8 Å². The Morgan fingerprint density at radius 1 is 1.28 bits per heavy atom. The Morgan fingerprint density at radius 2 is 2.08 bits per heavy atom. The number of H-pyrrole nitrogens is 1. The van der Waals surface area contributed by atoms with Crippen LogP contribution < -0.4 is 10.9 Å². The van der Waals surface area contributed by atoms with Gasteiger partial charge in [-0.3, -0.25) is 4.79 Å². The molecule has 0 unspecified atom stereocenters. The van der Waals surface area contributed by atoms with Crippen molar-refractivity contribution in [3.8, 4) is 0 Å². The van der Waals surface area contributed by atoms with Crippen LogP contribution in [0.15, 0.2) is 47.4 Å². The number of hydrogen-bond acceptors (Lipinski definition) is 2. The Labute approximate surface area is 147 Å². The number of amides is 2. The van der Waals surface area contributed by atoms with Gasteiger partial charge in [0.05, 0.1) is 11.2 Å². The lowest BCUT2D eigenvalue weighted by Crippen LogP contribution is -2.68. The van der Waals surface area contributed by atoms with Crippen molar-refractivity contribution >= 4 is 11.7 Å². The predicted molar refractivity (Wildman–Crippen MR) is 97.6 cm³/mol. The number of aromatic nitrogens is 1. The third kappa shape index (κ3) is 2.54. The Morgan fingerprint density at radius 3 is 2.80 bits per heavy atom. The minimum atomic E-state index is -0.180. The largest absolute Gasteiger partial charge is 0.327 e. The number of anilines is 1. The Hall–Kier alpha value is -2.56. The number of benzene rings is 1. The molecule has 5 nitrogen and oxygen atoms in total. The van der Waals surface area contributed by atoms with E-state index in [4.69, 9.17) is 0 Å². The molecule has 2 heterocycles. The summed E-state index contributed by atoms with van der Waals surface area (Å²) in [6.07, 6.45) is 6.14. The van der Waals surface area contributed by atoms with Crippen LogP contribution in [0.2, 0.25) is 0 Å². The van der Waals surface area contributed by atoms with Crippen LogP contribution in [0.5, 0.6) is 0 Å². The zero-order chi connectivity index (χ0) is 17.4. The van der Waals surface area contributed by atoms with E-state index in [1.807, 2.05) is 11.0 Å². The van der Waals surface area contributed by atoms with E-state index in [0.717, 1.165) is 19.4 Å². The molecule has 0 radical (unpaired) electrons. The fourth-order valence-electron chi connectivity index (χ4n) is 4.48. The maximum absolute atomic E-state index is 12.9. The average Bonchev–Trinajstić information content (AvgIpc) is 2.60. The topological polar surface area (TPSA) is 65.2 Å². The molecule has 2 fully saturated rings. The van der Waals surface area contributed by atoms with Crippen molar-refractivity contribution < 1.29 is 4.79 Å². The number of pyridine rings is 1. The number of urea groups is 1. The van der Waals surface area contributed by atoms with E-state index < -0.39 is 0 Å². The molecule has 2 aliphatic rings. The molecule has 1 aliphatic carbocycles. The molecule has 5 heteroatoms. The molecular formula is C20H23N3O2. The molecule has 2 atom stereocenters. The smallest absolute Gasteiger partial charge is 0.322 e. The van der Waals surface area contributed by atoms with E-state index in [1.54, 1.807) is 19.2 Å². The summed E-state index contributed by atoms with van der Waals surface area (Å²) in [5, 5.41) is 2.96. The van der Waals surface area contributed by atoms with E-state index in [1.165, 1.54) is 18.4 Å². The molecular weight excluding hydrogens is 314 g/mol. The van der Waals surface area contributed by atoms with Crippen LogP contribution in [0.4, 0.5) is 10.5 Å². The molecule has 2 aromatic rings. The van der Waals surface area contributed by atoms with Crippen LogP contribution in [0.1, 0.15) is 36.8 Å². The van der Waals surface area contributed by atoms with Crippen molar-refractivity contribution in [1.82, 2.24) is 9.88 Å². The van der Waals surface area contributed by atoms with Crippen molar-refractivity contribution in [2.75, 3.05) is 11.9 Å². The molecule has 1 aromatic carbocycles. The highest BCUT2D eigenvalue weighted by Gasteiger charge is 2.57. The second-order valence-electron chi connectivity index (χ2n) is 7.17. The van der Waals surface area contributed by atoms with Gasteiger partial charge in [-0.25, -0.2) is 4.79 Å². The second kappa shape index (κ2) is 6.06. The van der Waals surface area contributed by atoms with Gasteiger partial charge in [0.2, 0.25) is 0 Å². The highest BCUT2D eigenvalue weighted by Crippen LogP contribution is 2.53. The number of nitrogens with one attached hydrogen (secondary N) is 2. The number of carbonyl (C=O) groups is 1. The van der Waals surface area contributed by atoms with Gasteiger partial charge in [-0.05, 0) is 31.4 Å². The first-order chi connectivity index (χ1) is 12.1. The normalized spacial score (nSPS) is 25.0. The molecule has 1 aromatic heterocycles. The predicted octanol–water partition coefficient (Wildman–Crippen LogP) is 3.62. The second-order valence-corrected chi connectivity index (χ2v) is 7.17. The van der Waals surface area contributed by atoms with Gasteiger partial charge in [0, 0.05) is 24.2 Å². The summed E-state index contributed by atoms with van der Waals surface area (Å²) in [6.45, 7) is 2.53. The third-order valence-electron chi connectivity index (χ3n) is 5.78. The van der Waals surface area contributed by atoms with E-state index >= 15 is 0 Å². The minimum Gasteiger partial charge on any atom is -0.327 e. The Bertz CT molecular complexity index is 846. The quantitative estimate of drug-likeness (QED) is 0.879. The van der Waals surface area contributed by atoms with Gasteiger partial charge in [-0.15, -0.1) is 0 Å². The van der Waals surface area contributed by atoms with Gasteiger partial charge in [-0.2, -0.15) is 0 Å². The summed E-state index contributed by atoms with van der Waals surface area (Å²) in [7, 11) is 0. The standard InChI is InChI=1S/C20H23N3O2/c1-14-11-17(12-21-18(14)24)22-19(25)23-13-16-9-5-6-10-20(16,23)15-7-3-2-4-8-15/h2-4,7-8,11-12,16H,5-6,9-10,13H2,1H3,(H,21,24)(H,22,25)/t16-,20+/m0/s1. The maximum atomic E-state index is 12.9. The van der Waals surface area contributed by atoms with Crippen LogP contribution in [-0.4, -0.2) is 22.5 Å². The number of hydrogen-bond donors (Lipinski definition) is 2. The van der Waals surface area contributed by atoms with Crippen LogP contribution >= 0.6 is 0 Å². The molecule has 2 amide bonds. The van der Waals surface area contributed by atoms with E-state index in [2.05, 4.69) is 34.6 Å². The maximum Gasteiger partial charge on any atom is 0.322 e. The first-order valence-corrected chi connectivity index (χ1v) is 8.95. The molecule has 0 spiro atoms. The van der Waals surface area contributed by atoms with Crippen molar-refractivity contribution in [2.45, 2.75) is 38.1 Å². The molecule has 2 N–H and O–H groups in total. The van der Waals surface area contributed by atoms with Crippen molar-refractivity contribution in [1.29, 1.82) is 0 Å². The SMILES string of the molecule is Cc1cc(NC(=O)N2C[C@@H]3CCCC[C@@]32c2ccccc2)c[nH]c1=O. The van der Waals surface area contributed by atoms with Gasteiger partial charge in [-0.1, -0.05) is 43.2 Å². The summed E-state index contributed by atoms with van der Waals surface area (Å²) < 4.78 is 0. The minimum absolute atomic E-state index is 0.0894. The summed E-state index contributed by atoms with van der Waals surface area (Å²) in [4.78, 5) is 29.1. The van der Waals surface area contributed by atoms with Gasteiger partial charge in [0.15, 0.2) is 0 Å². The number of nitrogens with zero attached hydrogens (tertiary/aromatic N) is 1. The average molecular weight is 337 g/mol. The zero-order valence-corrected chi connectivity index (χ0v) is 14.4. The molecule has 1 aliphatic heterocycles. The van der Waals surface area contributed by atoms with E-state index in [9.17, 15) is 9.59 Å². The number of aromatic amines is 1. The van der Waals surface area contributed by atoms with Gasteiger partial charge >= 0.3 is 6.03 Å². The van der Waals surface area contributed by atoms with E-state index in [0.29, 0.717) is 17.2 Å². The monoisotopic (exact) mass is 337 g/mol. The number of rotatable bonds is 2. The molecule has 130 valence electrons. The molecule has 0 bridgehead atoms. The molecule has 1 saturated carbocycles. The lowest BCUT2D eigenvalue weighted by atomic mass is 9.62. The van der Waals surface area contributed by atoms with Crippen LogP contribution in [0.3, 0.4) is 0 Å². The number of fused-ring (bicyclic) bond motifs is 1. The summed E-state index contributed by atoms with van der Waals surface area (Å²) >= 11 is 0.